The van der Waals surface area contributed by atoms with E-state index in [1.165, 1.54) is 43.6 Å². The molecule has 0 fully saturated rings. The average molecular weight is 511 g/mol. The van der Waals surface area contributed by atoms with Crippen molar-refractivity contribution in [1.82, 2.24) is 0 Å². The molecule has 0 saturated heterocycles. The molecule has 2 nitrogen and oxygen atoms in total. The molecule has 9 rings (SSSR count). The topological polar surface area (TPSA) is 26.3 Å². The smallest absolute Gasteiger partial charge is 0.142 e. The summed E-state index contributed by atoms with van der Waals surface area (Å²) < 4.78 is 12.6. The molecule has 9 aromatic rings. The molecule has 2 aromatic heterocycles. The Morgan fingerprint density at radius 3 is 1.68 bits per heavy atom. The molecule has 186 valence electrons. The Kier molecular flexibility index (Phi) is 4.36. The molecule has 0 aliphatic carbocycles. The fourth-order valence-corrected chi connectivity index (χ4v) is 6.65. The fourth-order valence-electron chi connectivity index (χ4n) is 6.65. The van der Waals surface area contributed by atoms with Crippen molar-refractivity contribution in [2.24, 2.45) is 0 Å². The molecule has 0 saturated carbocycles. The van der Waals surface area contributed by atoms with Crippen LogP contribution in [-0.4, -0.2) is 0 Å². The SMILES string of the molecule is c1ccc2c(c1)ccc1c(-c3c4ccccc4c(-c4cccc5oc6ccccc6c45)c4ccccc34)coc12. The lowest BCUT2D eigenvalue weighted by Crippen LogP contribution is -1.91. The van der Waals surface area contributed by atoms with Crippen molar-refractivity contribution in [2.45, 2.75) is 0 Å². The zero-order valence-electron chi connectivity index (χ0n) is 21.5. The van der Waals surface area contributed by atoms with E-state index < -0.39 is 0 Å². The summed E-state index contributed by atoms with van der Waals surface area (Å²) in [5.41, 5.74) is 7.48. The van der Waals surface area contributed by atoms with Crippen LogP contribution in [0.1, 0.15) is 0 Å². The van der Waals surface area contributed by atoms with Gasteiger partial charge in [0.1, 0.15) is 16.7 Å². The number of para-hydroxylation sites is 1. The molecule has 0 unspecified atom stereocenters. The van der Waals surface area contributed by atoms with Crippen LogP contribution < -0.4 is 0 Å². The highest BCUT2D eigenvalue weighted by molar-refractivity contribution is 6.27. The molecule has 0 radical (unpaired) electrons. The maximum absolute atomic E-state index is 6.31. The fraction of sp³-hybridized carbons (Fsp3) is 0. The molecule has 40 heavy (non-hydrogen) atoms. The second-order valence-electron chi connectivity index (χ2n) is 10.4. The van der Waals surface area contributed by atoms with E-state index in [1.807, 2.05) is 18.4 Å². The molecule has 0 atom stereocenters. The van der Waals surface area contributed by atoms with Gasteiger partial charge in [-0.3, -0.25) is 0 Å². The summed E-state index contributed by atoms with van der Waals surface area (Å²) in [5, 5.41) is 10.6. The van der Waals surface area contributed by atoms with E-state index >= 15 is 0 Å². The quantitative estimate of drug-likeness (QED) is 0.216. The Morgan fingerprint density at radius 2 is 0.950 bits per heavy atom. The highest BCUT2D eigenvalue weighted by Crippen LogP contribution is 2.48. The summed E-state index contributed by atoms with van der Waals surface area (Å²) in [6.45, 7) is 0. The van der Waals surface area contributed by atoms with E-state index in [0.717, 1.165) is 43.9 Å². The first-order chi connectivity index (χ1) is 19.9. The zero-order valence-corrected chi connectivity index (χ0v) is 21.5. The first kappa shape index (κ1) is 21.6. The van der Waals surface area contributed by atoms with Crippen molar-refractivity contribution in [3.05, 3.63) is 134 Å². The summed E-state index contributed by atoms with van der Waals surface area (Å²) in [6.07, 6.45) is 1.94. The second kappa shape index (κ2) is 8.08. The molecule has 7 aromatic carbocycles. The van der Waals surface area contributed by atoms with E-state index in [0.29, 0.717) is 0 Å². The van der Waals surface area contributed by atoms with E-state index in [4.69, 9.17) is 8.83 Å². The summed E-state index contributed by atoms with van der Waals surface area (Å²) in [4.78, 5) is 0. The minimum atomic E-state index is 0.906. The van der Waals surface area contributed by atoms with Crippen LogP contribution in [0.4, 0.5) is 0 Å². The van der Waals surface area contributed by atoms with Gasteiger partial charge in [-0.05, 0) is 56.3 Å². The summed E-state index contributed by atoms with van der Waals surface area (Å²) in [6, 6.07) is 45.1. The third-order valence-corrected chi connectivity index (χ3v) is 8.34. The van der Waals surface area contributed by atoms with Gasteiger partial charge >= 0.3 is 0 Å². The van der Waals surface area contributed by atoms with Crippen LogP contribution in [0, 0.1) is 0 Å². The number of benzene rings is 7. The van der Waals surface area contributed by atoms with Gasteiger partial charge in [0.25, 0.3) is 0 Å². The van der Waals surface area contributed by atoms with Crippen molar-refractivity contribution in [3.63, 3.8) is 0 Å². The molecule has 0 spiro atoms. The summed E-state index contributed by atoms with van der Waals surface area (Å²) in [5.74, 6) is 0. The minimum absolute atomic E-state index is 0.906. The predicted octanol–water partition coefficient (Wildman–Crippen LogP) is 11.1. The summed E-state index contributed by atoms with van der Waals surface area (Å²) in [7, 11) is 0. The average Bonchev–Trinajstić information content (AvgIpc) is 3.62. The lowest BCUT2D eigenvalue weighted by molar-refractivity contribution is 0.620. The van der Waals surface area contributed by atoms with Gasteiger partial charge in [0, 0.05) is 32.7 Å². The van der Waals surface area contributed by atoms with Crippen molar-refractivity contribution in [2.75, 3.05) is 0 Å². The van der Waals surface area contributed by atoms with Crippen LogP contribution in [0.5, 0.6) is 0 Å². The van der Waals surface area contributed by atoms with Gasteiger partial charge in [-0.1, -0.05) is 109 Å². The van der Waals surface area contributed by atoms with Gasteiger partial charge in [0.2, 0.25) is 0 Å². The van der Waals surface area contributed by atoms with Crippen LogP contribution in [0.2, 0.25) is 0 Å². The molecule has 0 amide bonds. The lowest BCUT2D eigenvalue weighted by Gasteiger charge is -2.17. The van der Waals surface area contributed by atoms with E-state index in [9.17, 15) is 0 Å². The van der Waals surface area contributed by atoms with Crippen molar-refractivity contribution in [3.8, 4) is 22.3 Å². The minimum Gasteiger partial charge on any atom is -0.463 e. The van der Waals surface area contributed by atoms with Gasteiger partial charge in [-0.2, -0.15) is 0 Å². The zero-order chi connectivity index (χ0) is 26.2. The van der Waals surface area contributed by atoms with Gasteiger partial charge in [-0.15, -0.1) is 0 Å². The maximum Gasteiger partial charge on any atom is 0.142 e. The number of hydrogen-bond acceptors (Lipinski definition) is 2. The molecule has 0 aliphatic rings. The molecule has 0 bridgehead atoms. The van der Waals surface area contributed by atoms with Crippen LogP contribution in [-0.2, 0) is 0 Å². The second-order valence-corrected chi connectivity index (χ2v) is 10.4. The first-order valence-electron chi connectivity index (χ1n) is 13.6. The highest BCUT2D eigenvalue weighted by atomic mass is 16.3. The number of rotatable bonds is 2. The van der Waals surface area contributed by atoms with E-state index in [1.54, 1.807) is 0 Å². The Hall–Kier alpha value is -5.34. The maximum atomic E-state index is 6.31. The predicted molar refractivity (Wildman–Crippen MR) is 167 cm³/mol. The standard InChI is InChI=1S/C38H22O2/c1-2-11-24-23(10-1)20-21-29-32(22-39-38(24)29)36-27-14-5-3-12-25(27)35(26-13-4-6-15-28(26)36)31-17-9-19-34-37(31)30-16-7-8-18-33(30)40-34/h1-22H. The van der Waals surface area contributed by atoms with Crippen LogP contribution in [0.3, 0.4) is 0 Å². The van der Waals surface area contributed by atoms with Crippen LogP contribution in [0.15, 0.2) is 142 Å². The molecular formula is C38H22O2. The van der Waals surface area contributed by atoms with E-state index in [-0.39, 0.29) is 0 Å². The summed E-state index contributed by atoms with van der Waals surface area (Å²) >= 11 is 0. The Balaban J connectivity index is 1.45. The number of hydrogen-bond donors (Lipinski definition) is 0. The van der Waals surface area contributed by atoms with Gasteiger partial charge in [0.15, 0.2) is 0 Å². The number of fused-ring (bicyclic) bond motifs is 8. The highest BCUT2D eigenvalue weighted by Gasteiger charge is 2.22. The number of furan rings is 2. The Bertz CT molecular complexity index is 2380. The third kappa shape index (κ3) is 2.88. The normalized spacial score (nSPS) is 12.0. The van der Waals surface area contributed by atoms with Crippen molar-refractivity contribution < 1.29 is 8.83 Å². The molecular weight excluding hydrogens is 488 g/mol. The molecule has 2 heterocycles. The molecule has 0 aliphatic heterocycles. The Morgan fingerprint density at radius 1 is 0.375 bits per heavy atom. The third-order valence-electron chi connectivity index (χ3n) is 8.34. The largest absolute Gasteiger partial charge is 0.463 e. The van der Waals surface area contributed by atoms with Gasteiger partial charge < -0.3 is 8.83 Å². The molecule has 0 N–H and O–H groups in total. The Labute approximate surface area is 229 Å². The van der Waals surface area contributed by atoms with E-state index in [2.05, 4.69) is 115 Å². The monoisotopic (exact) mass is 510 g/mol. The van der Waals surface area contributed by atoms with Crippen molar-refractivity contribution in [1.29, 1.82) is 0 Å². The van der Waals surface area contributed by atoms with Crippen LogP contribution in [0.25, 0.3) is 87.5 Å². The van der Waals surface area contributed by atoms with Gasteiger partial charge in [0.05, 0.1) is 6.26 Å². The van der Waals surface area contributed by atoms with Crippen LogP contribution >= 0.6 is 0 Å². The molecule has 2 heteroatoms. The van der Waals surface area contributed by atoms with Gasteiger partial charge in [-0.25, -0.2) is 0 Å². The first-order valence-corrected chi connectivity index (χ1v) is 13.6. The van der Waals surface area contributed by atoms with Crippen molar-refractivity contribution >= 4 is 65.2 Å². The lowest BCUT2D eigenvalue weighted by atomic mass is 9.85.